The van der Waals surface area contributed by atoms with Crippen LogP contribution in [0.3, 0.4) is 0 Å². The molecule has 0 aliphatic carbocycles. The molecule has 0 aliphatic rings. The maximum atomic E-state index is 12.2. The molecule has 0 spiro atoms. The van der Waals surface area contributed by atoms with Gasteiger partial charge in [0.15, 0.2) is 0 Å². The quantitative estimate of drug-likeness (QED) is 0.661. The molecule has 0 aromatic heterocycles. The van der Waals surface area contributed by atoms with Crippen LogP contribution in [0.1, 0.15) is 0 Å². The molecule has 9 heteroatoms. The molecule has 1 atom stereocenters. The van der Waals surface area contributed by atoms with Crippen molar-refractivity contribution in [1.29, 1.82) is 0 Å². The van der Waals surface area contributed by atoms with Gasteiger partial charge >= 0.3 is 5.97 Å². The van der Waals surface area contributed by atoms with Gasteiger partial charge in [-0.3, -0.25) is 0 Å². The Balaban J connectivity index is 2.05. The fourth-order valence-corrected chi connectivity index (χ4v) is 3.45. The molecule has 2 rings (SSSR count). The van der Waals surface area contributed by atoms with Crippen molar-refractivity contribution >= 4 is 39.4 Å². The first-order valence-electron chi connectivity index (χ1n) is 7.10. The molecule has 134 valence electrons. The van der Waals surface area contributed by atoms with Crippen LogP contribution in [0, 0.1) is 0 Å². The summed E-state index contributed by atoms with van der Waals surface area (Å²) < 4.78 is 32.0. The summed E-state index contributed by atoms with van der Waals surface area (Å²) in [7, 11) is -3.86. The number of benzene rings is 2. The second-order valence-electron chi connectivity index (χ2n) is 4.93. The topological polar surface area (TPSA) is 92.7 Å². The Bertz CT molecular complexity index is 823. The largest absolute Gasteiger partial charge is 0.478 e. The Labute approximate surface area is 155 Å². The average molecular weight is 402 g/mol. The van der Waals surface area contributed by atoms with E-state index in [4.69, 9.17) is 16.3 Å². The molecule has 1 unspecified atom stereocenters. The average Bonchev–Trinajstić information content (AvgIpc) is 2.59. The van der Waals surface area contributed by atoms with Crippen LogP contribution in [0.5, 0.6) is 5.75 Å². The lowest BCUT2D eigenvalue weighted by Gasteiger charge is -2.16. The number of carbonyl (C=O) groups is 1. The van der Waals surface area contributed by atoms with E-state index in [1.807, 2.05) is 6.26 Å². The van der Waals surface area contributed by atoms with Gasteiger partial charge in [0, 0.05) is 9.92 Å². The van der Waals surface area contributed by atoms with E-state index in [1.54, 1.807) is 36.0 Å². The number of ether oxygens (including phenoxy) is 1. The van der Waals surface area contributed by atoms with Gasteiger partial charge in [-0.15, -0.1) is 11.8 Å². The smallest absolute Gasteiger partial charge is 0.346 e. The van der Waals surface area contributed by atoms with Gasteiger partial charge in [0.05, 0.1) is 11.4 Å². The highest BCUT2D eigenvalue weighted by Crippen LogP contribution is 2.20. The lowest BCUT2D eigenvalue weighted by atomic mass is 10.3. The van der Waals surface area contributed by atoms with Crippen molar-refractivity contribution in [2.24, 2.45) is 0 Å². The third-order valence-electron chi connectivity index (χ3n) is 3.20. The Morgan fingerprint density at radius 3 is 2.32 bits per heavy atom. The van der Waals surface area contributed by atoms with E-state index < -0.39 is 28.6 Å². The van der Waals surface area contributed by atoms with E-state index in [0.29, 0.717) is 10.8 Å². The molecule has 0 heterocycles. The Hall–Kier alpha value is -1.74. The first kappa shape index (κ1) is 19.6. The monoisotopic (exact) mass is 401 g/mol. The van der Waals surface area contributed by atoms with Gasteiger partial charge in [-0.05, 0) is 54.8 Å². The van der Waals surface area contributed by atoms with Gasteiger partial charge in [0.25, 0.3) is 0 Å². The van der Waals surface area contributed by atoms with E-state index in [0.717, 1.165) is 4.90 Å². The number of carboxylic acids is 1. The van der Waals surface area contributed by atoms with Crippen molar-refractivity contribution in [3.63, 3.8) is 0 Å². The summed E-state index contributed by atoms with van der Waals surface area (Å²) in [5, 5.41) is 9.66. The molecule has 2 N–H and O–H groups in total. The van der Waals surface area contributed by atoms with Gasteiger partial charge in [0.1, 0.15) is 5.75 Å². The lowest BCUT2D eigenvalue weighted by molar-refractivity contribution is -0.144. The maximum absolute atomic E-state index is 12.2. The van der Waals surface area contributed by atoms with Crippen LogP contribution in [0.15, 0.2) is 58.3 Å². The summed E-state index contributed by atoms with van der Waals surface area (Å²) in [6, 6.07) is 12.4. The number of aliphatic carboxylic acids is 1. The summed E-state index contributed by atoms with van der Waals surface area (Å²) in [6.07, 6.45) is 0.559. The van der Waals surface area contributed by atoms with E-state index in [-0.39, 0.29) is 4.90 Å². The van der Waals surface area contributed by atoms with Crippen LogP contribution in [-0.2, 0) is 14.8 Å². The second-order valence-corrected chi connectivity index (χ2v) is 8.01. The first-order chi connectivity index (χ1) is 11.8. The maximum Gasteiger partial charge on any atom is 0.346 e. The third kappa shape index (κ3) is 5.64. The second kappa shape index (κ2) is 8.57. The Morgan fingerprint density at radius 1 is 1.20 bits per heavy atom. The summed E-state index contributed by atoms with van der Waals surface area (Å²) in [5.41, 5.74) is 0. The van der Waals surface area contributed by atoms with E-state index in [9.17, 15) is 18.3 Å². The number of nitrogens with one attached hydrogen (secondary N) is 1. The zero-order valence-electron chi connectivity index (χ0n) is 13.2. The SMILES string of the molecule is CSc1ccc(OC(CNS(=O)(=O)c2ccc(Cl)cc2)C(=O)O)cc1. The number of rotatable bonds is 8. The molecule has 0 bridgehead atoms. The predicted octanol–water partition coefficient (Wildman–Crippen LogP) is 2.87. The van der Waals surface area contributed by atoms with Gasteiger partial charge in [-0.25, -0.2) is 17.9 Å². The summed E-state index contributed by atoms with van der Waals surface area (Å²) >= 11 is 7.27. The highest BCUT2D eigenvalue weighted by atomic mass is 35.5. The van der Waals surface area contributed by atoms with Gasteiger partial charge in [0.2, 0.25) is 16.1 Å². The summed E-state index contributed by atoms with van der Waals surface area (Å²) in [6.45, 7) is -0.412. The molecule has 0 radical (unpaired) electrons. The van der Waals surface area contributed by atoms with Gasteiger partial charge in [-0.1, -0.05) is 11.6 Å². The Kier molecular flexibility index (Phi) is 6.71. The van der Waals surface area contributed by atoms with Crippen molar-refractivity contribution in [2.75, 3.05) is 12.8 Å². The van der Waals surface area contributed by atoms with Crippen molar-refractivity contribution in [1.82, 2.24) is 4.72 Å². The van der Waals surface area contributed by atoms with Crippen LogP contribution >= 0.6 is 23.4 Å². The van der Waals surface area contributed by atoms with Crippen LogP contribution in [0.2, 0.25) is 5.02 Å². The molecule has 6 nitrogen and oxygen atoms in total. The van der Waals surface area contributed by atoms with E-state index >= 15 is 0 Å². The number of hydrogen-bond acceptors (Lipinski definition) is 5. The van der Waals surface area contributed by atoms with Crippen LogP contribution in [-0.4, -0.2) is 38.4 Å². The molecule has 0 aliphatic heterocycles. The number of sulfonamides is 1. The van der Waals surface area contributed by atoms with Crippen molar-refractivity contribution < 1.29 is 23.1 Å². The molecule has 2 aromatic rings. The number of halogens is 1. The molecule has 0 fully saturated rings. The standard InChI is InChI=1S/C16H16ClNO5S2/c1-24-13-6-4-12(5-7-13)23-15(16(19)20)10-18-25(21,22)14-8-2-11(17)3-9-14/h2-9,15,18H,10H2,1H3,(H,19,20). The van der Waals surface area contributed by atoms with E-state index in [2.05, 4.69) is 4.72 Å². The highest BCUT2D eigenvalue weighted by molar-refractivity contribution is 7.98. The molecular weight excluding hydrogens is 386 g/mol. The lowest BCUT2D eigenvalue weighted by Crippen LogP contribution is -2.40. The van der Waals surface area contributed by atoms with Crippen molar-refractivity contribution in [3.05, 3.63) is 53.6 Å². The first-order valence-corrected chi connectivity index (χ1v) is 10.2. The van der Waals surface area contributed by atoms with Crippen molar-refractivity contribution in [2.45, 2.75) is 15.9 Å². The minimum atomic E-state index is -3.86. The molecule has 0 saturated carbocycles. The zero-order valence-corrected chi connectivity index (χ0v) is 15.6. The fraction of sp³-hybridized carbons (Fsp3) is 0.188. The van der Waals surface area contributed by atoms with Crippen LogP contribution in [0.4, 0.5) is 0 Å². The van der Waals surface area contributed by atoms with Crippen molar-refractivity contribution in [3.8, 4) is 5.75 Å². The molecular formula is C16H16ClNO5S2. The minimum absolute atomic E-state index is 0.00892. The van der Waals surface area contributed by atoms with Gasteiger partial charge in [-0.2, -0.15) is 0 Å². The normalized spacial score (nSPS) is 12.6. The number of carboxylic acid groups (broad SMARTS) is 1. The van der Waals surface area contributed by atoms with Crippen LogP contribution in [0.25, 0.3) is 0 Å². The molecule has 0 saturated heterocycles. The Morgan fingerprint density at radius 2 is 1.80 bits per heavy atom. The zero-order chi connectivity index (χ0) is 18.4. The predicted molar refractivity (Wildman–Crippen MR) is 96.9 cm³/mol. The molecule has 2 aromatic carbocycles. The van der Waals surface area contributed by atoms with E-state index in [1.165, 1.54) is 24.3 Å². The van der Waals surface area contributed by atoms with Crippen LogP contribution < -0.4 is 9.46 Å². The fourth-order valence-electron chi connectivity index (χ4n) is 1.88. The number of hydrogen-bond donors (Lipinski definition) is 2. The minimum Gasteiger partial charge on any atom is -0.478 e. The summed E-state index contributed by atoms with van der Waals surface area (Å²) in [4.78, 5) is 12.3. The molecule has 0 amide bonds. The third-order valence-corrected chi connectivity index (χ3v) is 5.63. The number of thioether (sulfide) groups is 1. The highest BCUT2D eigenvalue weighted by Gasteiger charge is 2.23. The summed E-state index contributed by atoms with van der Waals surface area (Å²) in [5.74, 6) is -0.927. The molecule has 25 heavy (non-hydrogen) atoms. The van der Waals surface area contributed by atoms with Gasteiger partial charge < -0.3 is 9.84 Å².